The molecule has 0 fully saturated rings. The zero-order chi connectivity index (χ0) is 59.2. The summed E-state index contributed by atoms with van der Waals surface area (Å²) in [5.41, 5.74) is 0. The van der Waals surface area contributed by atoms with Crippen LogP contribution < -0.4 is 0 Å². The van der Waals surface area contributed by atoms with Gasteiger partial charge in [0.1, 0.15) is 13.2 Å². The molecule has 0 saturated carbocycles. The molecule has 0 aliphatic heterocycles. The molecule has 0 aromatic rings. The number of rotatable bonds is 67. The molecule has 0 bridgehead atoms. The maximum Gasteiger partial charge on any atom is 0.306 e. The van der Waals surface area contributed by atoms with Crippen LogP contribution in [0.15, 0.2) is 60.8 Å². The summed E-state index contributed by atoms with van der Waals surface area (Å²) in [6, 6.07) is 0. The molecule has 0 rings (SSSR count). The molecule has 6 heteroatoms. The van der Waals surface area contributed by atoms with Gasteiger partial charge in [0.05, 0.1) is 0 Å². The van der Waals surface area contributed by atoms with Crippen molar-refractivity contribution in [3.63, 3.8) is 0 Å². The number of hydrogen-bond acceptors (Lipinski definition) is 6. The Balaban J connectivity index is 4.26. The van der Waals surface area contributed by atoms with Gasteiger partial charge >= 0.3 is 17.9 Å². The van der Waals surface area contributed by atoms with E-state index in [0.29, 0.717) is 19.3 Å². The first kappa shape index (κ1) is 79.1. The summed E-state index contributed by atoms with van der Waals surface area (Å²) < 4.78 is 17.0. The predicted molar refractivity (Wildman–Crippen MR) is 358 cm³/mol. The fourth-order valence-electron chi connectivity index (χ4n) is 10.9. The van der Waals surface area contributed by atoms with Gasteiger partial charge in [0, 0.05) is 19.3 Å². The normalized spacial score (nSPS) is 12.4. The van der Waals surface area contributed by atoms with Crippen molar-refractivity contribution in [3.8, 4) is 0 Å². The SMILES string of the molecule is CC/C=C\C/C=C\C/C=C\C/C=C\C/C=C\CCCCCCCCCCCCCC(=O)OCC(COC(=O)CCCCCCCCCCCCCCCC)OC(=O)CCCCCCCCCCCCCCCCCCCCCCCCC. The number of carbonyl (C=O) groups excluding carboxylic acids is 3. The van der Waals surface area contributed by atoms with Crippen molar-refractivity contribution >= 4 is 17.9 Å². The number of esters is 3. The zero-order valence-electron chi connectivity index (χ0n) is 55.0. The Hall–Kier alpha value is -2.89. The smallest absolute Gasteiger partial charge is 0.306 e. The van der Waals surface area contributed by atoms with Crippen LogP contribution in [0.3, 0.4) is 0 Å². The van der Waals surface area contributed by atoms with E-state index in [1.54, 1.807) is 0 Å². The Morgan fingerprint density at radius 2 is 0.476 bits per heavy atom. The Morgan fingerprint density at radius 1 is 0.256 bits per heavy atom. The molecule has 0 spiro atoms. The number of unbranched alkanes of at least 4 members (excludes halogenated alkanes) is 46. The van der Waals surface area contributed by atoms with Crippen molar-refractivity contribution in [2.75, 3.05) is 13.2 Å². The third-order valence-corrected chi connectivity index (χ3v) is 16.3. The van der Waals surface area contributed by atoms with Crippen molar-refractivity contribution in [2.24, 2.45) is 0 Å². The van der Waals surface area contributed by atoms with E-state index < -0.39 is 6.10 Å². The van der Waals surface area contributed by atoms with Gasteiger partial charge in [-0.05, 0) is 64.2 Å². The molecule has 0 aliphatic rings. The van der Waals surface area contributed by atoms with Gasteiger partial charge in [0.25, 0.3) is 0 Å². The Kier molecular flexibility index (Phi) is 68.1. The van der Waals surface area contributed by atoms with Gasteiger partial charge in [-0.2, -0.15) is 0 Å². The monoisotopic (exact) mass is 1150 g/mol. The molecule has 82 heavy (non-hydrogen) atoms. The van der Waals surface area contributed by atoms with E-state index in [9.17, 15) is 14.4 Å². The molecule has 478 valence electrons. The van der Waals surface area contributed by atoms with Crippen LogP contribution >= 0.6 is 0 Å². The molecule has 0 aromatic heterocycles. The van der Waals surface area contributed by atoms with Crippen molar-refractivity contribution in [3.05, 3.63) is 60.8 Å². The van der Waals surface area contributed by atoms with Crippen molar-refractivity contribution < 1.29 is 28.6 Å². The molecule has 0 aliphatic carbocycles. The molecular weight excluding hydrogens is 1010 g/mol. The summed E-state index contributed by atoms with van der Waals surface area (Å²) in [5, 5.41) is 0. The topological polar surface area (TPSA) is 78.9 Å². The van der Waals surface area contributed by atoms with Gasteiger partial charge in [0.15, 0.2) is 6.10 Å². The first-order chi connectivity index (χ1) is 40.5. The largest absolute Gasteiger partial charge is 0.462 e. The highest BCUT2D eigenvalue weighted by Crippen LogP contribution is 2.19. The first-order valence-corrected chi connectivity index (χ1v) is 36.3. The van der Waals surface area contributed by atoms with Gasteiger partial charge in [-0.1, -0.05) is 364 Å². The first-order valence-electron chi connectivity index (χ1n) is 36.3. The minimum absolute atomic E-state index is 0.0685. The molecular formula is C76H138O6. The quantitative estimate of drug-likeness (QED) is 0.0261. The number of ether oxygens (including phenoxy) is 3. The van der Waals surface area contributed by atoms with Crippen molar-refractivity contribution in [1.29, 1.82) is 0 Å². The summed E-state index contributed by atoms with van der Waals surface area (Å²) >= 11 is 0. The van der Waals surface area contributed by atoms with Crippen LogP contribution in [0.25, 0.3) is 0 Å². The molecule has 1 unspecified atom stereocenters. The fourth-order valence-corrected chi connectivity index (χ4v) is 10.9. The summed E-state index contributed by atoms with van der Waals surface area (Å²) in [6.45, 7) is 6.60. The Bertz CT molecular complexity index is 1460. The Morgan fingerprint density at radius 3 is 0.744 bits per heavy atom. The van der Waals surface area contributed by atoms with E-state index >= 15 is 0 Å². The van der Waals surface area contributed by atoms with Crippen molar-refractivity contribution in [2.45, 2.75) is 393 Å². The second-order valence-corrected chi connectivity index (χ2v) is 24.5. The third kappa shape index (κ3) is 67.9. The lowest BCUT2D eigenvalue weighted by Crippen LogP contribution is -2.30. The third-order valence-electron chi connectivity index (χ3n) is 16.3. The minimum atomic E-state index is -0.773. The highest BCUT2D eigenvalue weighted by molar-refractivity contribution is 5.71. The second-order valence-electron chi connectivity index (χ2n) is 24.5. The average Bonchev–Trinajstić information content (AvgIpc) is 3.48. The summed E-state index contributed by atoms with van der Waals surface area (Å²) in [6.07, 6.45) is 91.1. The summed E-state index contributed by atoms with van der Waals surface area (Å²) in [4.78, 5) is 38.5. The minimum Gasteiger partial charge on any atom is -0.462 e. The molecule has 0 saturated heterocycles. The summed E-state index contributed by atoms with van der Waals surface area (Å²) in [7, 11) is 0. The lowest BCUT2D eigenvalue weighted by molar-refractivity contribution is -0.167. The summed E-state index contributed by atoms with van der Waals surface area (Å²) in [5.74, 6) is -0.843. The van der Waals surface area contributed by atoms with Crippen molar-refractivity contribution in [1.82, 2.24) is 0 Å². The van der Waals surface area contributed by atoms with Gasteiger partial charge in [-0.15, -0.1) is 0 Å². The van der Waals surface area contributed by atoms with E-state index in [1.807, 2.05) is 0 Å². The fraction of sp³-hybridized carbons (Fsp3) is 0.829. The molecule has 0 aromatic carbocycles. The number of allylic oxidation sites excluding steroid dienone is 10. The Labute approximate surface area is 510 Å². The van der Waals surface area contributed by atoms with E-state index in [-0.39, 0.29) is 31.1 Å². The van der Waals surface area contributed by atoms with Crippen LogP contribution in [-0.4, -0.2) is 37.2 Å². The molecule has 0 amide bonds. The molecule has 0 N–H and O–H groups in total. The van der Waals surface area contributed by atoms with Gasteiger partial charge in [-0.25, -0.2) is 0 Å². The van der Waals surface area contributed by atoms with Crippen LogP contribution in [-0.2, 0) is 28.6 Å². The van der Waals surface area contributed by atoms with E-state index in [1.165, 1.54) is 257 Å². The molecule has 6 nitrogen and oxygen atoms in total. The van der Waals surface area contributed by atoms with Gasteiger partial charge in [-0.3, -0.25) is 14.4 Å². The maximum absolute atomic E-state index is 13.0. The molecule has 1 atom stereocenters. The lowest BCUT2D eigenvalue weighted by atomic mass is 10.0. The highest BCUT2D eigenvalue weighted by Gasteiger charge is 2.19. The standard InChI is InChI=1S/C76H138O6/c1-4-7-10-13-16-19-22-25-28-30-32-34-36-37-38-39-41-42-44-46-48-51-54-57-60-63-66-69-75(78)81-72-73(71-80-74(77)68-65-62-59-56-53-50-27-24-21-18-15-12-9-6-3)82-76(79)70-67-64-61-58-55-52-49-47-45-43-40-35-33-31-29-26-23-20-17-14-11-8-5-2/h7,10,16,19,25,28,32,34,37-38,73H,4-6,8-9,11-15,17-18,20-24,26-27,29-31,33,35-36,39-72H2,1-3H3/b10-7-,19-16-,28-25-,34-32-,38-37-. The van der Waals surface area contributed by atoms with E-state index in [2.05, 4.69) is 81.5 Å². The van der Waals surface area contributed by atoms with E-state index in [4.69, 9.17) is 14.2 Å². The second kappa shape index (κ2) is 70.6. The van der Waals surface area contributed by atoms with Crippen LogP contribution in [0, 0.1) is 0 Å². The van der Waals surface area contributed by atoms with Crippen LogP contribution in [0.5, 0.6) is 0 Å². The number of carbonyl (C=O) groups is 3. The average molecular weight is 1150 g/mol. The van der Waals surface area contributed by atoms with Crippen LogP contribution in [0.2, 0.25) is 0 Å². The highest BCUT2D eigenvalue weighted by atomic mass is 16.6. The van der Waals surface area contributed by atoms with Crippen LogP contribution in [0.1, 0.15) is 387 Å². The van der Waals surface area contributed by atoms with Gasteiger partial charge < -0.3 is 14.2 Å². The van der Waals surface area contributed by atoms with Crippen LogP contribution in [0.4, 0.5) is 0 Å². The number of hydrogen-bond donors (Lipinski definition) is 0. The van der Waals surface area contributed by atoms with E-state index in [0.717, 1.165) is 89.9 Å². The van der Waals surface area contributed by atoms with Gasteiger partial charge in [0.2, 0.25) is 0 Å². The predicted octanol–water partition coefficient (Wildman–Crippen LogP) is 25.1. The zero-order valence-corrected chi connectivity index (χ0v) is 55.0. The lowest BCUT2D eigenvalue weighted by Gasteiger charge is -2.18. The molecule has 0 heterocycles. The maximum atomic E-state index is 13.0. The molecule has 0 radical (unpaired) electrons.